The second-order valence-electron chi connectivity index (χ2n) is 3.08. The summed E-state index contributed by atoms with van der Waals surface area (Å²) in [4.78, 5) is 0. The predicted molar refractivity (Wildman–Crippen MR) is 34.0 cm³/mol. The van der Waals surface area contributed by atoms with E-state index in [4.69, 9.17) is 0 Å². The molecule has 0 amide bonds. The lowest BCUT2D eigenvalue weighted by Gasteiger charge is -2.12. The van der Waals surface area contributed by atoms with Gasteiger partial charge in [-0.15, -0.1) is 0 Å². The molecule has 2 heteroatoms. The van der Waals surface area contributed by atoms with Crippen LogP contribution in [0.5, 0.6) is 0 Å². The lowest BCUT2D eigenvalue weighted by Crippen LogP contribution is -2.10. The summed E-state index contributed by atoms with van der Waals surface area (Å²) in [6, 6.07) is 1.76. The summed E-state index contributed by atoms with van der Waals surface area (Å²) in [6.07, 6.45) is 2.55. The second-order valence-corrected chi connectivity index (χ2v) is 3.08. The molecule has 0 unspecified atom stereocenters. The van der Waals surface area contributed by atoms with Crippen LogP contribution in [0.25, 0.3) is 0 Å². The van der Waals surface area contributed by atoms with Crippen molar-refractivity contribution in [2.75, 3.05) is 0 Å². The van der Waals surface area contributed by atoms with E-state index in [9.17, 15) is 0 Å². The van der Waals surface area contributed by atoms with Crippen LogP contribution in [-0.2, 0) is 5.41 Å². The van der Waals surface area contributed by atoms with Gasteiger partial charge in [0.1, 0.15) is 0 Å². The van der Waals surface area contributed by atoms with Crippen LogP contribution < -0.4 is 0 Å². The molecule has 1 aromatic rings. The summed E-state index contributed by atoms with van der Waals surface area (Å²) in [5.74, 6) is 0. The number of hydrogen-bond acceptors (Lipinski definition) is 2. The van der Waals surface area contributed by atoms with Crippen LogP contribution in [0.15, 0.2) is 10.6 Å². The van der Waals surface area contributed by atoms with Gasteiger partial charge in [0.2, 0.25) is 6.26 Å². The van der Waals surface area contributed by atoms with Crippen molar-refractivity contribution in [2.45, 2.75) is 26.2 Å². The van der Waals surface area contributed by atoms with Gasteiger partial charge < -0.3 is 4.52 Å². The largest absolute Gasteiger partial charge is 0.353 e. The molecular weight excluding hydrogens is 114 g/mol. The highest BCUT2D eigenvalue weighted by Gasteiger charge is 2.15. The smallest absolute Gasteiger partial charge is 0.205 e. The Balaban J connectivity index is 2.90. The first kappa shape index (κ1) is 6.33. The van der Waals surface area contributed by atoms with Crippen molar-refractivity contribution in [3.8, 4) is 0 Å². The molecule has 0 bridgehead atoms. The van der Waals surface area contributed by atoms with E-state index in [-0.39, 0.29) is 5.41 Å². The Hall–Kier alpha value is -0.790. The Labute approximate surface area is 54.9 Å². The monoisotopic (exact) mass is 124 g/mol. The van der Waals surface area contributed by atoms with Crippen molar-refractivity contribution in [3.05, 3.63) is 18.0 Å². The van der Waals surface area contributed by atoms with Gasteiger partial charge in [-0.3, -0.25) is 0 Å². The lowest BCUT2D eigenvalue weighted by atomic mass is 9.93. The molecule has 9 heavy (non-hydrogen) atoms. The first-order chi connectivity index (χ1) is 4.11. The second kappa shape index (κ2) is 1.87. The molecule has 0 aliphatic carbocycles. The molecule has 1 radical (unpaired) electrons. The third-order valence-electron chi connectivity index (χ3n) is 1.16. The van der Waals surface area contributed by atoms with Crippen molar-refractivity contribution in [1.29, 1.82) is 0 Å². The van der Waals surface area contributed by atoms with Crippen LogP contribution >= 0.6 is 0 Å². The van der Waals surface area contributed by atoms with Crippen molar-refractivity contribution < 1.29 is 4.52 Å². The van der Waals surface area contributed by atoms with Crippen molar-refractivity contribution >= 4 is 0 Å². The van der Waals surface area contributed by atoms with Gasteiger partial charge in [0.05, 0.1) is 5.69 Å². The first-order valence-corrected chi connectivity index (χ1v) is 2.94. The van der Waals surface area contributed by atoms with Gasteiger partial charge >= 0.3 is 0 Å². The minimum atomic E-state index is 0.0868. The predicted octanol–water partition coefficient (Wildman–Crippen LogP) is 1.77. The van der Waals surface area contributed by atoms with E-state index in [1.165, 1.54) is 0 Å². The molecular formula is C7H10NO. The molecule has 1 rings (SSSR count). The summed E-state index contributed by atoms with van der Waals surface area (Å²) >= 11 is 0. The average molecular weight is 124 g/mol. The van der Waals surface area contributed by atoms with E-state index in [1.807, 2.05) is 0 Å². The molecule has 0 N–H and O–H groups in total. The van der Waals surface area contributed by atoms with Crippen molar-refractivity contribution in [1.82, 2.24) is 5.16 Å². The number of rotatable bonds is 0. The molecule has 0 spiro atoms. The Morgan fingerprint density at radius 3 is 2.44 bits per heavy atom. The summed E-state index contributed by atoms with van der Waals surface area (Å²) in [6.45, 7) is 6.25. The van der Waals surface area contributed by atoms with E-state index >= 15 is 0 Å². The topological polar surface area (TPSA) is 26.0 Å². The maximum atomic E-state index is 4.57. The van der Waals surface area contributed by atoms with Gasteiger partial charge in [0.25, 0.3) is 0 Å². The molecule has 0 atom stereocenters. The maximum Gasteiger partial charge on any atom is 0.205 e. The fourth-order valence-electron chi connectivity index (χ4n) is 0.537. The zero-order chi connectivity index (χ0) is 6.91. The minimum absolute atomic E-state index is 0.0868. The Bertz CT molecular complexity index is 171. The van der Waals surface area contributed by atoms with E-state index in [0.717, 1.165) is 5.69 Å². The number of hydrogen-bond donors (Lipinski definition) is 0. The molecule has 0 aliphatic rings. The van der Waals surface area contributed by atoms with E-state index in [0.29, 0.717) is 0 Å². The van der Waals surface area contributed by atoms with Crippen molar-refractivity contribution in [2.24, 2.45) is 0 Å². The molecule has 1 aromatic heterocycles. The van der Waals surface area contributed by atoms with E-state index < -0.39 is 0 Å². The fourth-order valence-corrected chi connectivity index (χ4v) is 0.537. The molecule has 1 heterocycles. The third kappa shape index (κ3) is 1.31. The van der Waals surface area contributed by atoms with Crippen LogP contribution in [0.1, 0.15) is 26.5 Å². The minimum Gasteiger partial charge on any atom is -0.353 e. The molecule has 2 nitrogen and oxygen atoms in total. The normalized spacial score (nSPS) is 11.9. The molecule has 0 fully saturated rings. The highest BCUT2D eigenvalue weighted by molar-refractivity contribution is 5.07. The summed E-state index contributed by atoms with van der Waals surface area (Å²) in [5, 5.41) is 3.76. The standard InChI is InChI=1S/C7H10NO/c1-7(2,3)6-4-5-9-8-6/h4H,1-3H3. The molecule has 49 valence electrons. The molecule has 0 aliphatic heterocycles. The Kier molecular flexibility index (Phi) is 1.31. The zero-order valence-corrected chi connectivity index (χ0v) is 5.93. The van der Waals surface area contributed by atoms with Gasteiger partial charge in [-0.25, -0.2) is 0 Å². The van der Waals surface area contributed by atoms with Crippen LogP contribution in [0, 0.1) is 6.26 Å². The zero-order valence-electron chi connectivity index (χ0n) is 5.93. The summed E-state index contributed by atoms with van der Waals surface area (Å²) in [7, 11) is 0. The first-order valence-electron chi connectivity index (χ1n) is 2.94. The Morgan fingerprint density at radius 2 is 2.22 bits per heavy atom. The van der Waals surface area contributed by atoms with Gasteiger partial charge in [-0.2, -0.15) is 0 Å². The lowest BCUT2D eigenvalue weighted by molar-refractivity contribution is 0.387. The maximum absolute atomic E-state index is 4.57. The Morgan fingerprint density at radius 1 is 1.56 bits per heavy atom. The third-order valence-corrected chi connectivity index (χ3v) is 1.16. The van der Waals surface area contributed by atoms with Crippen molar-refractivity contribution in [3.63, 3.8) is 0 Å². The average Bonchev–Trinajstić information content (AvgIpc) is 2.08. The summed E-state index contributed by atoms with van der Waals surface area (Å²) < 4.78 is 4.57. The molecule has 0 aromatic carbocycles. The van der Waals surface area contributed by atoms with Crippen LogP contribution in [0.3, 0.4) is 0 Å². The quantitative estimate of drug-likeness (QED) is 0.526. The van der Waals surface area contributed by atoms with Crippen LogP contribution in [0.4, 0.5) is 0 Å². The highest BCUT2D eigenvalue weighted by Crippen LogP contribution is 2.18. The number of nitrogens with zero attached hydrogens (tertiary/aromatic N) is 1. The van der Waals surface area contributed by atoms with E-state index in [2.05, 4.69) is 36.7 Å². The van der Waals surface area contributed by atoms with Crippen LogP contribution in [-0.4, -0.2) is 5.16 Å². The molecule has 0 saturated carbocycles. The van der Waals surface area contributed by atoms with Crippen LogP contribution in [0.2, 0.25) is 0 Å². The van der Waals surface area contributed by atoms with Gasteiger partial charge in [-0.05, 0) is 0 Å². The van der Waals surface area contributed by atoms with Gasteiger partial charge in [-0.1, -0.05) is 25.9 Å². The van der Waals surface area contributed by atoms with Gasteiger partial charge in [0, 0.05) is 11.5 Å². The fraction of sp³-hybridized carbons (Fsp3) is 0.571. The summed E-state index contributed by atoms with van der Waals surface area (Å²) in [5.41, 5.74) is 1.03. The van der Waals surface area contributed by atoms with E-state index in [1.54, 1.807) is 6.07 Å². The van der Waals surface area contributed by atoms with Gasteiger partial charge in [0.15, 0.2) is 0 Å². The highest BCUT2D eigenvalue weighted by atomic mass is 16.5. The number of aromatic nitrogens is 1. The SMILES string of the molecule is CC(C)(C)c1c[c]on1. The molecule has 0 saturated heterocycles.